The van der Waals surface area contributed by atoms with Gasteiger partial charge in [0.05, 0.1) is 6.42 Å². The van der Waals surface area contributed by atoms with Crippen LogP contribution in [0.25, 0.3) is 0 Å². The van der Waals surface area contributed by atoms with Crippen molar-refractivity contribution < 1.29 is 9.53 Å². The molecule has 27 heavy (non-hydrogen) atoms. The summed E-state index contributed by atoms with van der Waals surface area (Å²) in [4.78, 5) is 18.8. The maximum atomic E-state index is 12.1. The van der Waals surface area contributed by atoms with Crippen molar-refractivity contribution in [2.45, 2.75) is 50.7 Å². The summed E-state index contributed by atoms with van der Waals surface area (Å²) in [6, 6.07) is 12.3. The summed E-state index contributed by atoms with van der Waals surface area (Å²) in [6.45, 7) is 2.30. The minimum atomic E-state index is -0.0416. The summed E-state index contributed by atoms with van der Waals surface area (Å²) >= 11 is 0. The van der Waals surface area contributed by atoms with Gasteiger partial charge in [-0.2, -0.15) is 0 Å². The summed E-state index contributed by atoms with van der Waals surface area (Å²) in [5, 5.41) is 2.92. The van der Waals surface area contributed by atoms with Crippen LogP contribution in [0.2, 0.25) is 0 Å². The molecule has 2 fully saturated rings. The second-order valence-electron chi connectivity index (χ2n) is 7.55. The molecule has 1 amide bonds. The van der Waals surface area contributed by atoms with Gasteiger partial charge in [-0.05, 0) is 61.6 Å². The molecule has 2 aromatic rings. The van der Waals surface area contributed by atoms with E-state index in [-0.39, 0.29) is 5.91 Å². The van der Waals surface area contributed by atoms with Crippen LogP contribution in [0.4, 0.5) is 5.69 Å². The van der Waals surface area contributed by atoms with E-state index in [9.17, 15) is 4.79 Å². The number of pyridine rings is 1. The summed E-state index contributed by atoms with van der Waals surface area (Å²) in [6.07, 6.45) is 10.4. The molecule has 1 aliphatic heterocycles. The minimum absolute atomic E-state index is 0.0416. The Balaban J connectivity index is 1.23. The topological polar surface area (TPSA) is 54.5 Å². The number of nitrogens with zero attached hydrogens (tertiary/aromatic N) is 2. The molecule has 5 nitrogen and oxygen atoms in total. The van der Waals surface area contributed by atoms with Crippen LogP contribution < -0.4 is 10.1 Å². The van der Waals surface area contributed by atoms with Crippen LogP contribution in [0.1, 0.15) is 37.7 Å². The molecular formula is C22H27N3O2. The van der Waals surface area contributed by atoms with E-state index in [0.29, 0.717) is 12.5 Å². The molecule has 5 heteroatoms. The van der Waals surface area contributed by atoms with E-state index in [2.05, 4.69) is 15.2 Å². The second-order valence-corrected chi connectivity index (χ2v) is 7.55. The van der Waals surface area contributed by atoms with Crippen LogP contribution in [0.5, 0.6) is 5.75 Å². The van der Waals surface area contributed by atoms with Gasteiger partial charge < -0.3 is 15.0 Å². The normalized spacial score (nSPS) is 18.7. The molecule has 1 saturated carbocycles. The van der Waals surface area contributed by atoms with Crippen molar-refractivity contribution in [3.63, 3.8) is 0 Å². The fourth-order valence-electron chi connectivity index (χ4n) is 3.81. The van der Waals surface area contributed by atoms with Gasteiger partial charge in [-0.25, -0.2) is 0 Å². The molecule has 1 N–H and O–H groups in total. The zero-order chi connectivity index (χ0) is 18.5. The molecule has 1 aliphatic carbocycles. The van der Waals surface area contributed by atoms with E-state index in [1.807, 2.05) is 36.4 Å². The number of ether oxygens (including phenoxy) is 1. The van der Waals surface area contributed by atoms with Gasteiger partial charge in [0.1, 0.15) is 11.9 Å². The summed E-state index contributed by atoms with van der Waals surface area (Å²) in [5.74, 6) is 0.836. The molecule has 1 aromatic heterocycles. The zero-order valence-electron chi connectivity index (χ0n) is 15.6. The molecule has 0 atom stereocenters. The van der Waals surface area contributed by atoms with Gasteiger partial charge in [0.15, 0.2) is 0 Å². The highest BCUT2D eigenvalue weighted by Crippen LogP contribution is 2.28. The van der Waals surface area contributed by atoms with Gasteiger partial charge in [-0.15, -0.1) is 0 Å². The number of likely N-dealkylation sites (tertiary alicyclic amines) is 1. The number of rotatable bonds is 6. The highest BCUT2D eigenvalue weighted by atomic mass is 16.5. The molecule has 2 heterocycles. The molecule has 142 valence electrons. The Hall–Kier alpha value is -2.40. The third kappa shape index (κ3) is 4.86. The number of hydrogen-bond donors (Lipinski definition) is 1. The van der Waals surface area contributed by atoms with Crippen LogP contribution in [0.3, 0.4) is 0 Å². The fourth-order valence-corrected chi connectivity index (χ4v) is 3.81. The van der Waals surface area contributed by atoms with E-state index in [1.54, 1.807) is 12.4 Å². The lowest BCUT2D eigenvalue weighted by molar-refractivity contribution is -0.115. The van der Waals surface area contributed by atoms with Gasteiger partial charge in [-0.3, -0.25) is 9.78 Å². The van der Waals surface area contributed by atoms with Crippen molar-refractivity contribution in [2.75, 3.05) is 18.4 Å². The molecule has 1 saturated heterocycles. The smallest absolute Gasteiger partial charge is 0.228 e. The predicted molar refractivity (Wildman–Crippen MR) is 106 cm³/mol. The third-order valence-electron chi connectivity index (χ3n) is 5.60. The number of hydrogen-bond acceptors (Lipinski definition) is 4. The van der Waals surface area contributed by atoms with Crippen molar-refractivity contribution in [3.05, 3.63) is 54.4 Å². The first-order chi connectivity index (χ1) is 13.3. The van der Waals surface area contributed by atoms with Gasteiger partial charge in [0.25, 0.3) is 0 Å². The van der Waals surface area contributed by atoms with Crippen molar-refractivity contribution in [3.8, 4) is 5.75 Å². The van der Waals surface area contributed by atoms with E-state index in [4.69, 9.17) is 4.74 Å². The van der Waals surface area contributed by atoms with Crippen LogP contribution in [-0.4, -0.2) is 41.0 Å². The zero-order valence-corrected chi connectivity index (χ0v) is 15.6. The van der Waals surface area contributed by atoms with E-state index in [0.717, 1.165) is 49.0 Å². The Morgan fingerprint density at radius 1 is 1.11 bits per heavy atom. The molecule has 0 radical (unpaired) electrons. The number of carbonyl (C=O) groups excluding carboxylic acids is 1. The lowest BCUT2D eigenvalue weighted by Crippen LogP contribution is -2.46. The number of benzene rings is 1. The van der Waals surface area contributed by atoms with Crippen molar-refractivity contribution in [2.24, 2.45) is 0 Å². The number of anilines is 1. The standard InChI is InChI=1S/C22H27N3O2/c26-22(15-17-3-2-12-23-16-17)24-18-6-8-20(9-7-18)27-21-10-13-25(14-11-21)19-4-1-5-19/h2-3,6-9,12,16,19,21H,1,4-5,10-11,13-15H2,(H,24,26). The average molecular weight is 365 g/mol. The fraction of sp³-hybridized carbons (Fsp3) is 0.455. The molecule has 2 aliphatic rings. The average Bonchev–Trinajstić information content (AvgIpc) is 2.64. The highest BCUT2D eigenvalue weighted by molar-refractivity contribution is 5.92. The molecular weight excluding hydrogens is 338 g/mol. The van der Waals surface area contributed by atoms with Gasteiger partial charge >= 0.3 is 0 Å². The number of nitrogens with one attached hydrogen (secondary N) is 1. The number of amides is 1. The van der Waals surface area contributed by atoms with E-state index >= 15 is 0 Å². The Bertz CT molecular complexity index is 736. The van der Waals surface area contributed by atoms with Crippen LogP contribution in [0, 0.1) is 0 Å². The van der Waals surface area contributed by atoms with Gasteiger partial charge in [0.2, 0.25) is 5.91 Å². The number of piperidine rings is 1. The van der Waals surface area contributed by atoms with E-state index < -0.39 is 0 Å². The van der Waals surface area contributed by atoms with Gasteiger partial charge in [-0.1, -0.05) is 12.5 Å². The minimum Gasteiger partial charge on any atom is -0.490 e. The Morgan fingerprint density at radius 2 is 1.89 bits per heavy atom. The first-order valence-corrected chi connectivity index (χ1v) is 9.96. The second kappa shape index (κ2) is 8.53. The first-order valence-electron chi connectivity index (χ1n) is 9.96. The summed E-state index contributed by atoms with van der Waals surface area (Å²) in [7, 11) is 0. The highest BCUT2D eigenvalue weighted by Gasteiger charge is 2.29. The van der Waals surface area contributed by atoms with Crippen LogP contribution in [-0.2, 0) is 11.2 Å². The maximum Gasteiger partial charge on any atom is 0.228 e. The quantitative estimate of drug-likeness (QED) is 0.849. The van der Waals surface area contributed by atoms with Crippen LogP contribution >= 0.6 is 0 Å². The Labute approximate surface area is 160 Å². The Morgan fingerprint density at radius 3 is 2.52 bits per heavy atom. The van der Waals surface area contributed by atoms with Crippen molar-refractivity contribution >= 4 is 11.6 Å². The summed E-state index contributed by atoms with van der Waals surface area (Å²) < 4.78 is 6.14. The summed E-state index contributed by atoms with van der Waals surface area (Å²) in [5.41, 5.74) is 1.69. The lowest BCUT2D eigenvalue weighted by atomic mass is 9.90. The van der Waals surface area contributed by atoms with Crippen LogP contribution in [0.15, 0.2) is 48.8 Å². The van der Waals surface area contributed by atoms with E-state index in [1.165, 1.54) is 19.3 Å². The third-order valence-corrected chi connectivity index (χ3v) is 5.60. The SMILES string of the molecule is O=C(Cc1cccnc1)Nc1ccc(OC2CCN(C3CCC3)CC2)cc1. The predicted octanol–water partition coefficient (Wildman–Crippen LogP) is 3.66. The first kappa shape index (κ1) is 18.0. The Kier molecular flexibility index (Phi) is 5.68. The van der Waals surface area contributed by atoms with Crippen molar-refractivity contribution in [1.29, 1.82) is 0 Å². The molecule has 0 unspecified atom stereocenters. The molecule has 1 aromatic carbocycles. The molecule has 0 bridgehead atoms. The number of carbonyl (C=O) groups is 1. The van der Waals surface area contributed by atoms with Crippen molar-refractivity contribution in [1.82, 2.24) is 9.88 Å². The maximum absolute atomic E-state index is 12.1. The monoisotopic (exact) mass is 365 g/mol. The molecule has 4 rings (SSSR count). The molecule has 0 spiro atoms. The lowest BCUT2D eigenvalue weighted by Gasteiger charge is -2.41. The number of aromatic nitrogens is 1. The van der Waals surface area contributed by atoms with Gasteiger partial charge in [0, 0.05) is 37.2 Å². The largest absolute Gasteiger partial charge is 0.490 e.